The minimum absolute atomic E-state index is 0.0327. The molecule has 0 aliphatic carbocycles. The van der Waals surface area contributed by atoms with Gasteiger partial charge >= 0.3 is 0 Å². The summed E-state index contributed by atoms with van der Waals surface area (Å²) in [5, 5.41) is 3.52. The van der Waals surface area contributed by atoms with Crippen molar-refractivity contribution in [1.82, 2.24) is 9.97 Å². The van der Waals surface area contributed by atoms with Crippen LogP contribution in [-0.2, 0) is 4.79 Å². The third kappa shape index (κ3) is 4.84. The quantitative estimate of drug-likeness (QED) is 0.318. The zero-order valence-corrected chi connectivity index (χ0v) is 19.2. The maximum absolute atomic E-state index is 12.6. The molecule has 0 bridgehead atoms. The second kappa shape index (κ2) is 9.60. The van der Waals surface area contributed by atoms with Gasteiger partial charge in [0.1, 0.15) is 16.5 Å². The van der Waals surface area contributed by atoms with Crippen molar-refractivity contribution in [3.63, 3.8) is 0 Å². The molecule has 2 aromatic heterocycles. The maximum Gasteiger partial charge on any atom is 0.265 e. The number of nitrogens with zero attached hydrogens (tertiary/aromatic N) is 3. The number of thiazole rings is 1. The van der Waals surface area contributed by atoms with Crippen LogP contribution in [0.4, 0.5) is 5.69 Å². The monoisotopic (exact) mass is 477 g/mol. The fourth-order valence-electron chi connectivity index (χ4n) is 3.56. The van der Waals surface area contributed by atoms with Gasteiger partial charge in [0.15, 0.2) is 6.61 Å². The van der Waals surface area contributed by atoms with Crippen LogP contribution in [0.25, 0.3) is 22.0 Å². The van der Waals surface area contributed by atoms with E-state index in [0.29, 0.717) is 30.3 Å². The molecule has 1 aliphatic heterocycles. The number of ether oxygens (including phenoxy) is 2. The molecule has 166 valence electrons. The first-order valence-corrected chi connectivity index (χ1v) is 11.8. The number of benzene rings is 2. The zero-order valence-electron chi connectivity index (χ0n) is 17.6. The van der Waals surface area contributed by atoms with Crippen molar-refractivity contribution in [3.05, 3.63) is 77.3 Å². The van der Waals surface area contributed by atoms with Crippen LogP contribution in [0.5, 0.6) is 11.5 Å². The first-order chi connectivity index (χ1) is 16.2. The summed E-state index contributed by atoms with van der Waals surface area (Å²) >= 11 is 7.45. The van der Waals surface area contributed by atoms with Crippen molar-refractivity contribution in [2.45, 2.75) is 6.42 Å². The molecule has 6 nitrogen and oxygen atoms in total. The molecule has 2 aromatic carbocycles. The molecule has 1 aliphatic rings. The fourth-order valence-corrected chi connectivity index (χ4v) is 4.49. The molecule has 0 fully saturated rings. The van der Waals surface area contributed by atoms with E-state index >= 15 is 0 Å². The third-order valence-electron chi connectivity index (χ3n) is 5.19. The van der Waals surface area contributed by atoms with Crippen LogP contribution in [0.3, 0.4) is 0 Å². The number of fused-ring (bicyclic) bond motifs is 1. The van der Waals surface area contributed by atoms with Crippen molar-refractivity contribution in [1.29, 1.82) is 0 Å². The first-order valence-electron chi connectivity index (χ1n) is 10.5. The lowest BCUT2D eigenvalue weighted by Gasteiger charge is -2.29. The SMILES string of the molecule is O=C1COc2ccc(-c3csc(-c4ccccn4)n3)cc2N1CCCOc1ccc(Cl)cc1. The number of carbonyl (C=O) groups is 1. The average Bonchev–Trinajstić information content (AvgIpc) is 3.35. The highest BCUT2D eigenvalue weighted by Crippen LogP contribution is 2.37. The van der Waals surface area contributed by atoms with Gasteiger partial charge in [0.2, 0.25) is 0 Å². The Morgan fingerprint density at radius 1 is 1.09 bits per heavy atom. The number of carbonyl (C=O) groups excluding carboxylic acids is 1. The maximum atomic E-state index is 12.6. The number of anilines is 1. The lowest BCUT2D eigenvalue weighted by Crippen LogP contribution is -2.39. The molecule has 0 spiro atoms. The summed E-state index contributed by atoms with van der Waals surface area (Å²) in [6.45, 7) is 1.05. The predicted molar refractivity (Wildman–Crippen MR) is 130 cm³/mol. The second-order valence-corrected chi connectivity index (χ2v) is 8.72. The molecule has 4 aromatic rings. The van der Waals surface area contributed by atoms with Gasteiger partial charge in [-0.3, -0.25) is 9.78 Å². The average molecular weight is 478 g/mol. The van der Waals surface area contributed by atoms with Gasteiger partial charge in [0.25, 0.3) is 5.91 Å². The van der Waals surface area contributed by atoms with Crippen LogP contribution in [0.15, 0.2) is 72.2 Å². The van der Waals surface area contributed by atoms with Crippen LogP contribution in [0.2, 0.25) is 5.02 Å². The molecule has 0 N–H and O–H groups in total. The number of hydrogen-bond donors (Lipinski definition) is 0. The number of hydrogen-bond acceptors (Lipinski definition) is 6. The highest BCUT2D eigenvalue weighted by molar-refractivity contribution is 7.13. The molecular weight excluding hydrogens is 458 g/mol. The summed E-state index contributed by atoms with van der Waals surface area (Å²) in [4.78, 5) is 23.5. The van der Waals surface area contributed by atoms with Crippen molar-refractivity contribution in [2.24, 2.45) is 0 Å². The summed E-state index contributed by atoms with van der Waals surface area (Å²) in [6, 6.07) is 18.8. The Labute approximate surface area is 200 Å². The van der Waals surface area contributed by atoms with E-state index in [1.807, 2.05) is 53.9 Å². The van der Waals surface area contributed by atoms with Crippen LogP contribution < -0.4 is 14.4 Å². The minimum atomic E-state index is -0.0707. The Kier molecular flexibility index (Phi) is 6.24. The molecule has 33 heavy (non-hydrogen) atoms. The van der Waals surface area contributed by atoms with Gasteiger partial charge in [-0.15, -0.1) is 11.3 Å². The summed E-state index contributed by atoms with van der Waals surface area (Å²) in [5.41, 5.74) is 3.36. The molecule has 0 unspecified atom stereocenters. The van der Waals surface area contributed by atoms with Crippen molar-refractivity contribution >= 4 is 34.5 Å². The van der Waals surface area contributed by atoms with E-state index in [1.54, 1.807) is 34.6 Å². The molecule has 5 rings (SSSR count). The van der Waals surface area contributed by atoms with Crippen LogP contribution in [-0.4, -0.2) is 35.6 Å². The third-order valence-corrected chi connectivity index (χ3v) is 6.31. The van der Waals surface area contributed by atoms with E-state index in [2.05, 4.69) is 4.98 Å². The van der Waals surface area contributed by atoms with Gasteiger partial charge in [0.05, 0.1) is 23.7 Å². The number of pyridine rings is 1. The number of amides is 1. The van der Waals surface area contributed by atoms with E-state index in [4.69, 9.17) is 26.1 Å². The Hall–Kier alpha value is -3.42. The van der Waals surface area contributed by atoms with Crippen molar-refractivity contribution < 1.29 is 14.3 Å². The van der Waals surface area contributed by atoms with Crippen LogP contribution >= 0.6 is 22.9 Å². The van der Waals surface area contributed by atoms with Gasteiger partial charge in [-0.25, -0.2) is 4.98 Å². The number of halogens is 1. The lowest BCUT2D eigenvalue weighted by molar-refractivity contribution is -0.121. The topological polar surface area (TPSA) is 64.5 Å². The molecular formula is C25H20ClN3O3S. The summed E-state index contributed by atoms with van der Waals surface area (Å²) < 4.78 is 11.4. The molecule has 0 atom stereocenters. The largest absolute Gasteiger partial charge is 0.494 e. The number of aromatic nitrogens is 2. The van der Waals surface area contributed by atoms with E-state index in [1.165, 1.54) is 0 Å². The molecule has 0 radical (unpaired) electrons. The van der Waals surface area contributed by atoms with Gasteiger partial charge in [-0.2, -0.15) is 0 Å². The van der Waals surface area contributed by atoms with E-state index < -0.39 is 0 Å². The summed E-state index contributed by atoms with van der Waals surface area (Å²) in [5.74, 6) is 1.37. The number of rotatable bonds is 7. The van der Waals surface area contributed by atoms with Gasteiger partial charge in [0, 0.05) is 28.7 Å². The Morgan fingerprint density at radius 3 is 2.79 bits per heavy atom. The predicted octanol–water partition coefficient (Wildman–Crippen LogP) is 5.72. The minimum Gasteiger partial charge on any atom is -0.494 e. The summed E-state index contributed by atoms with van der Waals surface area (Å²) in [7, 11) is 0. The highest BCUT2D eigenvalue weighted by atomic mass is 35.5. The fraction of sp³-hybridized carbons (Fsp3) is 0.160. The standard InChI is InChI=1S/C25H20ClN3O3S/c26-18-6-8-19(9-7-18)31-13-3-12-29-22-14-17(5-10-23(22)32-15-24(29)30)21-16-33-25(28-21)20-4-1-2-11-27-20/h1-2,4-11,14,16H,3,12-13,15H2. The first kappa shape index (κ1) is 21.4. The molecule has 3 heterocycles. The van der Waals surface area contributed by atoms with Gasteiger partial charge < -0.3 is 14.4 Å². The molecule has 1 amide bonds. The zero-order chi connectivity index (χ0) is 22.6. The molecule has 0 saturated heterocycles. The Morgan fingerprint density at radius 2 is 1.97 bits per heavy atom. The van der Waals surface area contributed by atoms with Crippen LogP contribution in [0, 0.1) is 0 Å². The van der Waals surface area contributed by atoms with Crippen molar-refractivity contribution in [2.75, 3.05) is 24.7 Å². The van der Waals surface area contributed by atoms with E-state index in [0.717, 1.165) is 33.4 Å². The highest BCUT2D eigenvalue weighted by Gasteiger charge is 2.26. The molecule has 8 heteroatoms. The van der Waals surface area contributed by atoms with E-state index in [-0.39, 0.29) is 12.5 Å². The smallest absolute Gasteiger partial charge is 0.265 e. The molecule has 0 saturated carbocycles. The normalized spacial score (nSPS) is 12.9. The Bertz CT molecular complexity index is 1260. The van der Waals surface area contributed by atoms with Gasteiger partial charge in [-0.05, 0) is 61.0 Å². The van der Waals surface area contributed by atoms with Gasteiger partial charge in [-0.1, -0.05) is 17.7 Å². The second-order valence-electron chi connectivity index (χ2n) is 7.43. The van der Waals surface area contributed by atoms with Crippen LogP contribution in [0.1, 0.15) is 6.42 Å². The lowest BCUT2D eigenvalue weighted by atomic mass is 10.1. The summed E-state index contributed by atoms with van der Waals surface area (Å²) in [6.07, 6.45) is 2.44. The van der Waals surface area contributed by atoms with Crippen molar-refractivity contribution in [3.8, 4) is 33.5 Å². The van der Waals surface area contributed by atoms with E-state index in [9.17, 15) is 4.79 Å². The Balaban J connectivity index is 1.31.